The number of rotatable bonds is 25. The molecule has 0 radical (unpaired) electrons. The van der Waals surface area contributed by atoms with Crippen molar-refractivity contribution in [1.29, 1.82) is 0 Å². The van der Waals surface area contributed by atoms with Crippen LogP contribution in [0.15, 0.2) is 12.4 Å². The first-order chi connectivity index (χ1) is 16.3. The third-order valence-electron chi connectivity index (χ3n) is 7.41. The summed E-state index contributed by atoms with van der Waals surface area (Å²) in [4.78, 5) is 0. The van der Waals surface area contributed by atoms with E-state index < -0.39 is 0 Å². The summed E-state index contributed by atoms with van der Waals surface area (Å²) < 4.78 is 5.04. The fourth-order valence-electron chi connectivity index (χ4n) is 5.20. The molecule has 0 unspecified atom stereocenters. The molecule has 1 aromatic rings. The van der Waals surface area contributed by atoms with Crippen LogP contribution < -0.4 is 4.57 Å². The maximum absolute atomic E-state index is 2.53. The average Bonchev–Trinajstić information content (AvgIpc) is 3.22. The van der Waals surface area contributed by atoms with Crippen LogP contribution in [-0.4, -0.2) is 4.57 Å². The maximum atomic E-state index is 2.53. The van der Waals surface area contributed by atoms with Gasteiger partial charge in [0.05, 0.1) is 13.1 Å². The molecular weight excluding hydrogens is 400 g/mol. The summed E-state index contributed by atoms with van der Waals surface area (Å²) in [6.07, 6.45) is 37.3. The Hall–Kier alpha value is -0.790. The van der Waals surface area contributed by atoms with Gasteiger partial charge in [0.25, 0.3) is 5.82 Å². The minimum absolute atomic E-state index is 1.15. The Labute approximate surface area is 208 Å². The van der Waals surface area contributed by atoms with Gasteiger partial charge in [-0.25, -0.2) is 9.13 Å². The van der Waals surface area contributed by atoms with Crippen molar-refractivity contribution in [2.75, 3.05) is 0 Å². The molecule has 194 valence electrons. The first-order valence-corrected chi connectivity index (χ1v) is 15.4. The molecule has 0 saturated heterocycles. The molecule has 0 amide bonds. The maximum Gasteiger partial charge on any atom is 0.256 e. The Balaban J connectivity index is 1.92. The second kappa shape index (κ2) is 23.0. The molecule has 0 atom stereocenters. The standard InChI is InChI=1S/C31H61N2/c1-4-7-9-11-12-13-14-15-16-17-18-19-20-21-22-24-26-28-33-30-29-32(31(33)6-3)27-25-23-10-8-5-2/h29-30H,4-28H2,1-3H3/q+1. The molecule has 0 saturated carbocycles. The molecule has 0 N–H and O–H groups in total. The molecule has 0 aromatic carbocycles. The van der Waals surface area contributed by atoms with Gasteiger partial charge < -0.3 is 0 Å². The van der Waals surface area contributed by atoms with E-state index >= 15 is 0 Å². The lowest BCUT2D eigenvalue weighted by atomic mass is 10.0. The Kier molecular flexibility index (Phi) is 21.1. The predicted molar refractivity (Wildman–Crippen MR) is 147 cm³/mol. The average molecular weight is 462 g/mol. The van der Waals surface area contributed by atoms with Crippen molar-refractivity contribution in [3.63, 3.8) is 0 Å². The molecule has 0 spiro atoms. The second-order valence-corrected chi connectivity index (χ2v) is 10.5. The summed E-state index contributed by atoms with van der Waals surface area (Å²) in [6.45, 7) is 9.33. The predicted octanol–water partition coefficient (Wildman–Crippen LogP) is 9.96. The van der Waals surface area contributed by atoms with E-state index in [9.17, 15) is 0 Å². The zero-order valence-electron chi connectivity index (χ0n) is 23.2. The van der Waals surface area contributed by atoms with Crippen LogP contribution in [-0.2, 0) is 19.5 Å². The van der Waals surface area contributed by atoms with E-state index in [-0.39, 0.29) is 0 Å². The van der Waals surface area contributed by atoms with Crippen LogP contribution >= 0.6 is 0 Å². The highest BCUT2D eigenvalue weighted by molar-refractivity contribution is 4.83. The monoisotopic (exact) mass is 461 g/mol. The van der Waals surface area contributed by atoms with Crippen molar-refractivity contribution in [3.05, 3.63) is 18.2 Å². The molecule has 0 bridgehead atoms. The van der Waals surface area contributed by atoms with Crippen LogP contribution in [0.25, 0.3) is 0 Å². The number of hydrogen-bond donors (Lipinski definition) is 0. The molecular formula is C31H61N2+. The summed E-state index contributed by atoms with van der Waals surface area (Å²) in [5, 5.41) is 0. The Morgan fingerprint density at radius 3 is 1.33 bits per heavy atom. The lowest BCUT2D eigenvalue weighted by molar-refractivity contribution is -0.704. The molecule has 1 aromatic heterocycles. The SMILES string of the molecule is CCCCCCCCCCCCCCCCCCCn1cc[n+](CCCCCCC)c1CC. The fraction of sp³-hybridized carbons (Fsp3) is 0.903. The lowest BCUT2D eigenvalue weighted by Gasteiger charge is -2.05. The highest BCUT2D eigenvalue weighted by Gasteiger charge is 2.14. The number of imidazole rings is 1. The minimum atomic E-state index is 1.15. The molecule has 33 heavy (non-hydrogen) atoms. The first-order valence-electron chi connectivity index (χ1n) is 15.4. The Bertz CT molecular complexity index is 519. The molecule has 1 rings (SSSR count). The third kappa shape index (κ3) is 16.5. The molecule has 2 nitrogen and oxygen atoms in total. The quantitative estimate of drug-likeness (QED) is 0.101. The minimum Gasteiger partial charge on any atom is -0.234 e. The van der Waals surface area contributed by atoms with Crippen molar-refractivity contribution >= 4 is 0 Å². The normalized spacial score (nSPS) is 11.5. The van der Waals surface area contributed by atoms with E-state index in [0.717, 1.165) is 6.42 Å². The number of unbranched alkanes of at least 4 members (excludes halogenated alkanes) is 20. The van der Waals surface area contributed by atoms with Crippen molar-refractivity contribution in [2.24, 2.45) is 0 Å². The largest absolute Gasteiger partial charge is 0.256 e. The van der Waals surface area contributed by atoms with Crippen molar-refractivity contribution in [1.82, 2.24) is 4.57 Å². The Morgan fingerprint density at radius 2 is 0.909 bits per heavy atom. The lowest BCUT2D eigenvalue weighted by Crippen LogP contribution is -2.37. The number of nitrogens with zero attached hydrogens (tertiary/aromatic N) is 2. The summed E-state index contributed by atoms with van der Waals surface area (Å²) in [6, 6.07) is 0. The number of hydrogen-bond acceptors (Lipinski definition) is 0. The van der Waals surface area contributed by atoms with E-state index in [2.05, 4.69) is 42.3 Å². The Morgan fingerprint density at radius 1 is 0.515 bits per heavy atom. The van der Waals surface area contributed by atoms with Crippen LogP contribution in [0.5, 0.6) is 0 Å². The third-order valence-corrected chi connectivity index (χ3v) is 7.41. The molecule has 0 aliphatic heterocycles. The molecule has 1 heterocycles. The van der Waals surface area contributed by atoms with Crippen LogP contribution in [0.4, 0.5) is 0 Å². The van der Waals surface area contributed by atoms with E-state index in [1.807, 2.05) is 0 Å². The molecule has 0 aliphatic rings. The zero-order chi connectivity index (χ0) is 23.8. The summed E-state index contributed by atoms with van der Waals surface area (Å²) in [5.74, 6) is 1.53. The van der Waals surface area contributed by atoms with Gasteiger partial charge in [0.15, 0.2) is 0 Å². The van der Waals surface area contributed by atoms with Gasteiger partial charge in [-0.3, -0.25) is 0 Å². The molecule has 2 heteroatoms. The van der Waals surface area contributed by atoms with Gasteiger partial charge in [0.2, 0.25) is 0 Å². The van der Waals surface area contributed by atoms with E-state index in [0.29, 0.717) is 0 Å². The van der Waals surface area contributed by atoms with Gasteiger partial charge >= 0.3 is 0 Å². The summed E-state index contributed by atoms with van der Waals surface area (Å²) in [7, 11) is 0. The smallest absolute Gasteiger partial charge is 0.234 e. The first kappa shape index (κ1) is 30.2. The van der Waals surface area contributed by atoms with E-state index in [1.54, 1.807) is 0 Å². The van der Waals surface area contributed by atoms with Crippen molar-refractivity contribution < 1.29 is 4.57 Å². The highest BCUT2D eigenvalue weighted by Crippen LogP contribution is 2.14. The molecule has 0 fully saturated rings. The highest BCUT2D eigenvalue weighted by atomic mass is 15.1. The zero-order valence-corrected chi connectivity index (χ0v) is 23.2. The molecule has 0 aliphatic carbocycles. The van der Waals surface area contributed by atoms with Gasteiger partial charge in [0.1, 0.15) is 12.4 Å². The topological polar surface area (TPSA) is 8.81 Å². The van der Waals surface area contributed by atoms with Crippen molar-refractivity contribution in [2.45, 2.75) is 182 Å². The van der Waals surface area contributed by atoms with Gasteiger partial charge in [-0.15, -0.1) is 0 Å². The number of aromatic nitrogens is 2. The van der Waals surface area contributed by atoms with Crippen LogP contribution in [0.2, 0.25) is 0 Å². The van der Waals surface area contributed by atoms with E-state index in [4.69, 9.17) is 0 Å². The van der Waals surface area contributed by atoms with Gasteiger partial charge in [0, 0.05) is 6.42 Å². The summed E-state index contributed by atoms with van der Waals surface area (Å²) >= 11 is 0. The fourth-order valence-corrected chi connectivity index (χ4v) is 5.20. The van der Waals surface area contributed by atoms with E-state index in [1.165, 1.54) is 160 Å². The van der Waals surface area contributed by atoms with Gasteiger partial charge in [-0.05, 0) is 25.7 Å². The van der Waals surface area contributed by atoms with Crippen LogP contribution in [0.3, 0.4) is 0 Å². The van der Waals surface area contributed by atoms with Crippen molar-refractivity contribution in [3.8, 4) is 0 Å². The number of aryl methyl sites for hydroxylation is 2. The summed E-state index contributed by atoms with van der Waals surface area (Å²) in [5.41, 5.74) is 0. The van der Waals surface area contributed by atoms with Crippen LogP contribution in [0.1, 0.15) is 168 Å². The second-order valence-electron chi connectivity index (χ2n) is 10.5. The van der Waals surface area contributed by atoms with Crippen LogP contribution in [0, 0.1) is 0 Å². The van der Waals surface area contributed by atoms with Gasteiger partial charge in [-0.1, -0.05) is 136 Å². The van der Waals surface area contributed by atoms with Gasteiger partial charge in [-0.2, -0.15) is 0 Å².